The number of rotatable bonds is 6. The summed E-state index contributed by atoms with van der Waals surface area (Å²) in [6.07, 6.45) is 0. The van der Waals surface area contributed by atoms with Crippen LogP contribution in [0.3, 0.4) is 0 Å². The van der Waals surface area contributed by atoms with Gasteiger partial charge in [-0.3, -0.25) is 14.3 Å². The third-order valence-electron chi connectivity index (χ3n) is 4.92. The van der Waals surface area contributed by atoms with Crippen molar-refractivity contribution in [3.8, 4) is 0 Å². The van der Waals surface area contributed by atoms with Crippen molar-refractivity contribution < 1.29 is 22.4 Å². The monoisotopic (exact) mass is 469 g/mol. The summed E-state index contributed by atoms with van der Waals surface area (Å²) >= 11 is 0. The zero-order chi connectivity index (χ0) is 24.4. The summed E-state index contributed by atoms with van der Waals surface area (Å²) < 4.78 is 41.4. The number of halogens is 1. The van der Waals surface area contributed by atoms with Gasteiger partial charge in [-0.2, -0.15) is 0 Å². The molecule has 0 bridgehead atoms. The van der Waals surface area contributed by atoms with Gasteiger partial charge < -0.3 is 11.1 Å². The van der Waals surface area contributed by atoms with E-state index in [0.29, 0.717) is 0 Å². The first kappa shape index (κ1) is 23.9. The maximum atomic E-state index is 13.6. The number of carbonyl (C=O) groups is 2. The number of sulfonamides is 1. The van der Waals surface area contributed by atoms with Crippen LogP contribution in [0.2, 0.25) is 0 Å². The van der Waals surface area contributed by atoms with Crippen LogP contribution >= 0.6 is 0 Å². The Hall–Kier alpha value is -3.72. The third kappa shape index (κ3) is 5.75. The lowest BCUT2D eigenvalue weighted by Crippen LogP contribution is -2.16. The lowest BCUT2D eigenvalue weighted by atomic mass is 9.87. The second-order valence-corrected chi connectivity index (χ2v) is 10.2. The molecular weight excluding hydrogens is 445 g/mol. The SMILES string of the molecule is CC(C)(C)c1ccc(S(=O)(=O)Nc2ccc(C(=O)Nc3ccc(F)c(C(N)=O)c3)cc2)cc1. The highest BCUT2D eigenvalue weighted by Gasteiger charge is 2.18. The highest BCUT2D eigenvalue weighted by Crippen LogP contribution is 2.24. The van der Waals surface area contributed by atoms with Crippen molar-refractivity contribution >= 4 is 33.2 Å². The number of nitrogens with one attached hydrogen (secondary N) is 2. The van der Waals surface area contributed by atoms with Gasteiger partial charge >= 0.3 is 0 Å². The van der Waals surface area contributed by atoms with Gasteiger partial charge in [-0.25, -0.2) is 12.8 Å². The summed E-state index contributed by atoms with van der Waals surface area (Å²) in [6.45, 7) is 6.12. The van der Waals surface area contributed by atoms with Gasteiger partial charge in [0.15, 0.2) is 0 Å². The quantitative estimate of drug-likeness (QED) is 0.499. The predicted molar refractivity (Wildman–Crippen MR) is 125 cm³/mol. The Morgan fingerprint density at radius 1 is 0.879 bits per heavy atom. The molecule has 0 spiro atoms. The summed E-state index contributed by atoms with van der Waals surface area (Å²) in [7, 11) is -3.80. The Labute approximate surface area is 191 Å². The standard InChI is InChI=1S/C24H24FN3O4S/c1-24(2,3)16-6-11-19(12-7-16)33(31,32)28-17-8-4-15(5-9-17)23(30)27-18-10-13-21(25)20(14-18)22(26)29/h4-14,28H,1-3H3,(H2,26,29)(H,27,30). The molecule has 0 saturated carbocycles. The molecule has 0 atom stereocenters. The van der Waals surface area contributed by atoms with Gasteiger partial charge in [0.2, 0.25) is 0 Å². The Kier molecular flexibility index (Phi) is 6.55. The number of hydrogen-bond acceptors (Lipinski definition) is 4. The normalized spacial score (nSPS) is 11.6. The summed E-state index contributed by atoms with van der Waals surface area (Å²) in [6, 6.07) is 15.9. The van der Waals surface area contributed by atoms with E-state index in [-0.39, 0.29) is 32.8 Å². The molecule has 172 valence electrons. The zero-order valence-corrected chi connectivity index (χ0v) is 19.2. The molecule has 33 heavy (non-hydrogen) atoms. The second kappa shape index (κ2) is 9.03. The average Bonchev–Trinajstić information content (AvgIpc) is 2.74. The van der Waals surface area contributed by atoms with Crippen LogP contribution in [0.5, 0.6) is 0 Å². The van der Waals surface area contributed by atoms with Gasteiger partial charge in [0.1, 0.15) is 5.82 Å². The van der Waals surface area contributed by atoms with Gasteiger partial charge in [-0.15, -0.1) is 0 Å². The largest absolute Gasteiger partial charge is 0.366 e. The molecule has 0 aromatic heterocycles. The van der Waals surface area contributed by atoms with Crippen molar-refractivity contribution in [1.82, 2.24) is 0 Å². The molecule has 3 aromatic carbocycles. The zero-order valence-electron chi connectivity index (χ0n) is 18.3. The molecule has 3 aromatic rings. The summed E-state index contributed by atoms with van der Waals surface area (Å²) in [5, 5.41) is 2.54. The minimum absolute atomic E-state index is 0.0958. The van der Waals surface area contributed by atoms with Crippen molar-refractivity contribution in [2.75, 3.05) is 10.0 Å². The molecule has 4 N–H and O–H groups in total. The van der Waals surface area contributed by atoms with Crippen LogP contribution in [0.25, 0.3) is 0 Å². The van der Waals surface area contributed by atoms with Crippen LogP contribution < -0.4 is 15.8 Å². The first-order chi connectivity index (χ1) is 15.4. The summed E-state index contributed by atoms with van der Waals surface area (Å²) in [5.41, 5.74) is 6.40. The number of nitrogens with two attached hydrogens (primary N) is 1. The highest BCUT2D eigenvalue weighted by molar-refractivity contribution is 7.92. The number of benzene rings is 3. The first-order valence-corrected chi connectivity index (χ1v) is 11.5. The maximum Gasteiger partial charge on any atom is 0.261 e. The average molecular weight is 470 g/mol. The molecule has 0 unspecified atom stereocenters. The topological polar surface area (TPSA) is 118 Å². The Morgan fingerprint density at radius 3 is 2.00 bits per heavy atom. The third-order valence-corrected chi connectivity index (χ3v) is 6.32. The van der Waals surface area contributed by atoms with Crippen molar-refractivity contribution in [3.05, 3.63) is 89.2 Å². The van der Waals surface area contributed by atoms with Crippen LogP contribution in [0.1, 0.15) is 47.1 Å². The van der Waals surface area contributed by atoms with Crippen LogP contribution in [0, 0.1) is 5.82 Å². The molecule has 0 saturated heterocycles. The summed E-state index contributed by atoms with van der Waals surface area (Å²) in [5.74, 6) is -2.26. The molecule has 7 nitrogen and oxygen atoms in total. The molecule has 0 heterocycles. The number of primary amides is 1. The molecule has 2 amide bonds. The van der Waals surface area contributed by atoms with Gasteiger partial charge in [-0.05, 0) is 65.6 Å². The van der Waals surface area contributed by atoms with E-state index in [4.69, 9.17) is 5.73 Å². The number of hydrogen-bond donors (Lipinski definition) is 3. The van der Waals surface area contributed by atoms with E-state index in [2.05, 4.69) is 10.0 Å². The predicted octanol–water partition coefficient (Wildman–Crippen LogP) is 4.28. The Morgan fingerprint density at radius 2 is 1.45 bits per heavy atom. The van der Waals surface area contributed by atoms with E-state index >= 15 is 0 Å². The van der Waals surface area contributed by atoms with Gasteiger partial charge in [0.05, 0.1) is 10.5 Å². The number of carbonyl (C=O) groups excluding carboxylic acids is 2. The van der Waals surface area contributed by atoms with Gasteiger partial charge in [0, 0.05) is 16.9 Å². The molecule has 0 aliphatic rings. The van der Waals surface area contributed by atoms with Gasteiger partial charge in [0.25, 0.3) is 21.8 Å². The van der Waals surface area contributed by atoms with E-state index in [0.717, 1.165) is 17.7 Å². The van der Waals surface area contributed by atoms with Crippen LogP contribution in [-0.2, 0) is 15.4 Å². The van der Waals surface area contributed by atoms with Crippen molar-refractivity contribution in [3.63, 3.8) is 0 Å². The fraction of sp³-hybridized carbons (Fsp3) is 0.167. The lowest BCUT2D eigenvalue weighted by Gasteiger charge is -2.19. The van der Waals surface area contributed by atoms with Crippen molar-refractivity contribution in [2.24, 2.45) is 5.73 Å². The van der Waals surface area contributed by atoms with Crippen LogP contribution in [0.4, 0.5) is 15.8 Å². The van der Waals surface area contributed by atoms with Crippen molar-refractivity contribution in [2.45, 2.75) is 31.1 Å². The van der Waals surface area contributed by atoms with Crippen LogP contribution in [-0.4, -0.2) is 20.2 Å². The van der Waals surface area contributed by atoms with E-state index in [1.807, 2.05) is 20.8 Å². The fourth-order valence-electron chi connectivity index (χ4n) is 3.03. The Balaban J connectivity index is 1.71. The number of amides is 2. The minimum atomic E-state index is -3.80. The summed E-state index contributed by atoms with van der Waals surface area (Å²) in [4.78, 5) is 23.8. The minimum Gasteiger partial charge on any atom is -0.366 e. The molecule has 0 aliphatic heterocycles. The van der Waals surface area contributed by atoms with Gasteiger partial charge in [-0.1, -0.05) is 32.9 Å². The molecule has 0 fully saturated rings. The molecule has 0 radical (unpaired) electrons. The van der Waals surface area contributed by atoms with E-state index in [1.54, 1.807) is 24.3 Å². The van der Waals surface area contributed by atoms with Crippen LogP contribution in [0.15, 0.2) is 71.6 Å². The lowest BCUT2D eigenvalue weighted by molar-refractivity contribution is 0.0992. The molecule has 9 heteroatoms. The number of anilines is 2. The molecular formula is C24H24FN3O4S. The smallest absolute Gasteiger partial charge is 0.261 e. The molecule has 0 aliphatic carbocycles. The van der Waals surface area contributed by atoms with E-state index in [1.165, 1.54) is 30.3 Å². The van der Waals surface area contributed by atoms with E-state index < -0.39 is 27.7 Å². The van der Waals surface area contributed by atoms with Crippen molar-refractivity contribution in [1.29, 1.82) is 0 Å². The Bertz CT molecular complexity index is 1300. The second-order valence-electron chi connectivity index (χ2n) is 8.47. The fourth-order valence-corrected chi connectivity index (χ4v) is 4.09. The first-order valence-electron chi connectivity index (χ1n) is 10.0. The highest BCUT2D eigenvalue weighted by atomic mass is 32.2. The maximum absolute atomic E-state index is 13.6. The molecule has 3 rings (SSSR count). The van der Waals surface area contributed by atoms with E-state index in [9.17, 15) is 22.4 Å².